The van der Waals surface area contributed by atoms with Crippen LogP contribution in [0.2, 0.25) is 0 Å². The molecule has 1 aromatic rings. The van der Waals surface area contributed by atoms with Crippen molar-refractivity contribution < 1.29 is 0 Å². The Labute approximate surface area is 142 Å². The van der Waals surface area contributed by atoms with Gasteiger partial charge in [-0.1, -0.05) is 122 Å². The molecule has 0 heteroatoms. The van der Waals surface area contributed by atoms with Crippen LogP contribution in [0.4, 0.5) is 0 Å². The zero-order valence-corrected chi connectivity index (χ0v) is 17.1. The fraction of sp³-hybridized carbons (Fsp3) is 0.727. The molecule has 0 heterocycles. The molecular weight excluding hydrogens is 264 g/mol. The van der Waals surface area contributed by atoms with Crippen LogP contribution in [0.3, 0.4) is 0 Å². The average Bonchev–Trinajstić information content (AvgIpc) is 2.57. The summed E-state index contributed by atoms with van der Waals surface area (Å²) >= 11 is 0. The van der Waals surface area contributed by atoms with Crippen LogP contribution >= 0.6 is 0 Å². The summed E-state index contributed by atoms with van der Waals surface area (Å²) in [5.74, 6) is 0.935. The molecule has 0 amide bonds. The normalized spacial score (nSPS) is 8.82. The number of hydrogen-bond acceptors (Lipinski definition) is 0. The van der Waals surface area contributed by atoms with Crippen molar-refractivity contribution in [1.29, 1.82) is 0 Å². The molecule has 22 heavy (non-hydrogen) atoms. The zero-order valence-electron chi connectivity index (χ0n) is 17.1. The molecular formula is C22H44. The van der Waals surface area contributed by atoms with E-state index in [4.69, 9.17) is 0 Å². The molecule has 0 aliphatic heterocycles. The summed E-state index contributed by atoms with van der Waals surface area (Å²) in [5, 5.41) is 0. The van der Waals surface area contributed by atoms with Gasteiger partial charge >= 0.3 is 0 Å². The Kier molecular flexibility index (Phi) is 26.7. The van der Waals surface area contributed by atoms with Gasteiger partial charge in [-0.25, -0.2) is 0 Å². The predicted octanol–water partition coefficient (Wildman–Crippen LogP) is 8.36. The monoisotopic (exact) mass is 308 g/mol. The van der Waals surface area contributed by atoms with E-state index in [0.717, 1.165) is 5.92 Å². The minimum Gasteiger partial charge on any atom is -0.0654 e. The Bertz CT molecular complexity index is 238. The largest absolute Gasteiger partial charge is 0.0654 e. The molecule has 0 atom stereocenters. The van der Waals surface area contributed by atoms with Gasteiger partial charge in [-0.05, 0) is 19.8 Å². The Morgan fingerprint density at radius 3 is 0.909 bits per heavy atom. The number of unbranched alkanes of at least 4 members (excludes halogenated alkanes) is 2. The summed E-state index contributed by atoms with van der Waals surface area (Å²) in [6.45, 7) is 19.7. The molecule has 0 saturated carbocycles. The summed E-state index contributed by atoms with van der Waals surface area (Å²) < 4.78 is 0. The van der Waals surface area contributed by atoms with Crippen molar-refractivity contribution in [2.45, 2.75) is 101 Å². The molecule has 0 bridgehead atoms. The highest BCUT2D eigenvalue weighted by Gasteiger charge is 1.88. The molecule has 0 spiro atoms. The second-order valence-electron chi connectivity index (χ2n) is 6.08. The van der Waals surface area contributed by atoms with E-state index in [1.165, 1.54) is 49.7 Å². The summed E-state index contributed by atoms with van der Waals surface area (Å²) in [4.78, 5) is 0. The number of hydrogen-bond donors (Lipinski definition) is 0. The second kappa shape index (κ2) is 22.5. The van der Waals surface area contributed by atoms with Crippen LogP contribution in [0.15, 0.2) is 24.3 Å². The second-order valence-corrected chi connectivity index (χ2v) is 6.08. The summed E-state index contributed by atoms with van der Waals surface area (Å²) in [6, 6.07) is 8.48. The molecule has 0 fully saturated rings. The predicted molar refractivity (Wildman–Crippen MR) is 107 cm³/mol. The highest BCUT2D eigenvalue weighted by molar-refractivity contribution is 5.19. The lowest BCUT2D eigenvalue weighted by atomic mass is 10.1. The molecule has 1 rings (SSSR count). The van der Waals surface area contributed by atoms with E-state index in [0.29, 0.717) is 0 Å². The van der Waals surface area contributed by atoms with Crippen LogP contribution in [-0.4, -0.2) is 0 Å². The smallest absolute Gasteiger partial charge is 0.0398 e. The third-order valence-electron chi connectivity index (χ3n) is 3.61. The Morgan fingerprint density at radius 1 is 0.591 bits per heavy atom. The van der Waals surface area contributed by atoms with E-state index in [1.54, 1.807) is 0 Å². The van der Waals surface area contributed by atoms with Gasteiger partial charge < -0.3 is 0 Å². The van der Waals surface area contributed by atoms with E-state index in [-0.39, 0.29) is 0 Å². The van der Waals surface area contributed by atoms with Gasteiger partial charge in [0, 0.05) is 0 Å². The summed E-state index contributed by atoms with van der Waals surface area (Å²) in [7, 11) is 0. The third kappa shape index (κ3) is 27.5. The fourth-order valence-electron chi connectivity index (χ4n) is 0.926. The lowest BCUT2D eigenvalue weighted by Crippen LogP contribution is -1.85. The van der Waals surface area contributed by atoms with Gasteiger partial charge in [0.05, 0.1) is 0 Å². The Hall–Kier alpha value is -0.780. The van der Waals surface area contributed by atoms with Crippen LogP contribution in [0, 0.1) is 19.8 Å². The molecule has 0 unspecified atom stereocenters. The highest BCUT2D eigenvalue weighted by Crippen LogP contribution is 2.02. The SMILES string of the molecule is CCC(C)CC.CCCC.CCCC.Cc1ccc(C)cc1. The number of rotatable bonds is 4. The molecule has 0 aromatic heterocycles. The van der Waals surface area contributed by atoms with Crippen LogP contribution in [0.5, 0.6) is 0 Å². The maximum atomic E-state index is 2.28. The Morgan fingerprint density at radius 2 is 0.818 bits per heavy atom. The Balaban J connectivity index is -0.000000231. The van der Waals surface area contributed by atoms with Crippen LogP contribution in [0.1, 0.15) is 98.1 Å². The first-order valence-corrected chi connectivity index (χ1v) is 9.46. The molecule has 0 nitrogen and oxygen atoms in total. The maximum Gasteiger partial charge on any atom is -0.0398 e. The van der Waals surface area contributed by atoms with Gasteiger partial charge in [0.25, 0.3) is 0 Å². The average molecular weight is 309 g/mol. The zero-order chi connectivity index (χ0) is 17.8. The molecule has 1 aromatic carbocycles. The minimum absolute atomic E-state index is 0.935. The van der Waals surface area contributed by atoms with Crippen LogP contribution < -0.4 is 0 Å². The molecule has 0 aliphatic carbocycles. The standard InChI is InChI=1S/C8H10.C6H14.2C4H10/c1-7-3-5-8(2)6-4-7;1-4-6(3)5-2;2*1-3-4-2/h3-6H,1-2H3;6H,4-5H2,1-3H3;2*3-4H2,1-2H3. The van der Waals surface area contributed by atoms with Gasteiger partial charge in [0.2, 0.25) is 0 Å². The van der Waals surface area contributed by atoms with E-state index in [1.807, 2.05) is 0 Å². The molecule has 0 aliphatic rings. The van der Waals surface area contributed by atoms with Crippen molar-refractivity contribution in [3.8, 4) is 0 Å². The summed E-state index contributed by atoms with van der Waals surface area (Å²) in [6.07, 6.45) is 7.94. The van der Waals surface area contributed by atoms with Gasteiger partial charge in [0.1, 0.15) is 0 Å². The van der Waals surface area contributed by atoms with Crippen molar-refractivity contribution in [2.24, 2.45) is 5.92 Å². The van der Waals surface area contributed by atoms with Gasteiger partial charge in [-0.3, -0.25) is 0 Å². The van der Waals surface area contributed by atoms with E-state index < -0.39 is 0 Å². The first-order valence-electron chi connectivity index (χ1n) is 9.46. The van der Waals surface area contributed by atoms with Crippen molar-refractivity contribution in [3.63, 3.8) is 0 Å². The molecule has 0 saturated heterocycles. The van der Waals surface area contributed by atoms with Crippen molar-refractivity contribution in [1.82, 2.24) is 0 Å². The molecule has 0 N–H and O–H groups in total. The highest BCUT2D eigenvalue weighted by atomic mass is 13.9. The van der Waals surface area contributed by atoms with Gasteiger partial charge in [0.15, 0.2) is 0 Å². The lowest BCUT2D eigenvalue weighted by molar-refractivity contribution is 0.544. The van der Waals surface area contributed by atoms with E-state index >= 15 is 0 Å². The van der Waals surface area contributed by atoms with Crippen molar-refractivity contribution in [3.05, 3.63) is 35.4 Å². The van der Waals surface area contributed by atoms with Crippen molar-refractivity contribution in [2.75, 3.05) is 0 Å². The number of benzene rings is 1. The fourth-order valence-corrected chi connectivity index (χ4v) is 0.926. The van der Waals surface area contributed by atoms with Gasteiger partial charge in [-0.2, -0.15) is 0 Å². The first kappa shape index (κ1) is 26.1. The third-order valence-corrected chi connectivity index (χ3v) is 3.61. The lowest BCUT2D eigenvalue weighted by Gasteiger charge is -1.98. The van der Waals surface area contributed by atoms with Crippen LogP contribution in [-0.2, 0) is 0 Å². The number of aryl methyl sites for hydroxylation is 2. The quantitative estimate of drug-likeness (QED) is 0.524. The maximum absolute atomic E-state index is 2.28. The van der Waals surface area contributed by atoms with Gasteiger partial charge in [-0.15, -0.1) is 0 Å². The first-order chi connectivity index (χ1) is 10.4. The van der Waals surface area contributed by atoms with Crippen molar-refractivity contribution >= 4 is 0 Å². The summed E-state index contributed by atoms with van der Waals surface area (Å²) in [5.41, 5.74) is 2.66. The van der Waals surface area contributed by atoms with Crippen LogP contribution in [0.25, 0.3) is 0 Å². The minimum atomic E-state index is 0.935. The van der Waals surface area contributed by atoms with E-state index in [2.05, 4.69) is 86.6 Å². The van der Waals surface area contributed by atoms with E-state index in [9.17, 15) is 0 Å². The molecule has 0 radical (unpaired) electrons. The topological polar surface area (TPSA) is 0 Å². The molecule has 132 valence electrons.